The van der Waals surface area contributed by atoms with E-state index in [2.05, 4.69) is 15.5 Å². The van der Waals surface area contributed by atoms with Crippen LogP contribution in [0.2, 0.25) is 0 Å². The van der Waals surface area contributed by atoms with Crippen LogP contribution in [0, 0.1) is 5.92 Å². The molecule has 0 aromatic carbocycles. The first-order chi connectivity index (χ1) is 6.87. The van der Waals surface area contributed by atoms with Crippen LogP contribution in [0.15, 0.2) is 4.52 Å². The number of nitrogens with one attached hydrogen (secondary N) is 1. The second kappa shape index (κ2) is 4.61. The third kappa shape index (κ3) is 4.78. The molecule has 6 nitrogen and oxygen atoms in total. The van der Waals surface area contributed by atoms with Gasteiger partial charge in [-0.25, -0.2) is 8.42 Å². The molecule has 1 rings (SSSR count). The molecule has 0 amide bonds. The van der Waals surface area contributed by atoms with Gasteiger partial charge in [-0.15, -0.1) is 0 Å². The summed E-state index contributed by atoms with van der Waals surface area (Å²) in [6, 6.07) is 0.266. The average Bonchev–Trinajstić information content (AvgIpc) is 2.45. The summed E-state index contributed by atoms with van der Waals surface area (Å²) < 4.78 is 26.7. The predicted molar refractivity (Wildman–Crippen MR) is 56.2 cm³/mol. The minimum atomic E-state index is -3.11. The van der Waals surface area contributed by atoms with E-state index in [1.807, 2.05) is 13.8 Å². The van der Waals surface area contributed by atoms with Crippen LogP contribution < -0.4 is 5.32 Å². The number of sulfone groups is 1. The van der Waals surface area contributed by atoms with Crippen molar-refractivity contribution in [2.75, 3.05) is 18.1 Å². The average molecular weight is 233 g/mol. The molecule has 1 aromatic heterocycles. The standard InChI is InChI=1S/C8H15N3O3S/c1-6(2)4-9-8-10-7(11-14-8)5-15(3,12)13/h6H,4-5H2,1-3H3,(H,9,10,11). The van der Waals surface area contributed by atoms with Gasteiger partial charge in [0.05, 0.1) is 0 Å². The zero-order valence-corrected chi connectivity index (χ0v) is 9.84. The van der Waals surface area contributed by atoms with Gasteiger partial charge < -0.3 is 9.84 Å². The van der Waals surface area contributed by atoms with Crippen LogP contribution in [0.1, 0.15) is 19.7 Å². The van der Waals surface area contributed by atoms with Gasteiger partial charge in [0.25, 0.3) is 0 Å². The number of aromatic nitrogens is 2. The van der Waals surface area contributed by atoms with E-state index in [1.165, 1.54) is 0 Å². The van der Waals surface area contributed by atoms with E-state index < -0.39 is 9.84 Å². The van der Waals surface area contributed by atoms with Gasteiger partial charge in [0.15, 0.2) is 15.7 Å². The van der Waals surface area contributed by atoms with E-state index in [0.717, 1.165) is 6.26 Å². The van der Waals surface area contributed by atoms with Crippen LogP contribution in [0.25, 0.3) is 0 Å². The van der Waals surface area contributed by atoms with Crippen molar-refractivity contribution in [3.05, 3.63) is 5.82 Å². The van der Waals surface area contributed by atoms with Crippen molar-refractivity contribution in [2.45, 2.75) is 19.6 Å². The first-order valence-corrected chi connectivity index (χ1v) is 6.67. The van der Waals surface area contributed by atoms with Gasteiger partial charge in [-0.3, -0.25) is 0 Å². The van der Waals surface area contributed by atoms with Crippen molar-refractivity contribution < 1.29 is 12.9 Å². The Bertz CT molecular complexity index is 411. The van der Waals surface area contributed by atoms with Crippen molar-refractivity contribution in [3.8, 4) is 0 Å². The topological polar surface area (TPSA) is 85.1 Å². The Balaban J connectivity index is 2.57. The molecule has 0 aliphatic rings. The Morgan fingerprint density at radius 1 is 1.47 bits per heavy atom. The van der Waals surface area contributed by atoms with Gasteiger partial charge in [-0.05, 0) is 5.92 Å². The minimum Gasteiger partial charge on any atom is -0.337 e. The Morgan fingerprint density at radius 3 is 2.67 bits per heavy atom. The molecule has 1 heterocycles. The molecule has 0 radical (unpaired) electrons. The van der Waals surface area contributed by atoms with E-state index in [0.29, 0.717) is 12.5 Å². The molecule has 0 saturated carbocycles. The van der Waals surface area contributed by atoms with Crippen LogP contribution in [-0.2, 0) is 15.6 Å². The summed E-state index contributed by atoms with van der Waals surface area (Å²) in [6.45, 7) is 4.79. The normalized spacial score (nSPS) is 12.0. The van der Waals surface area contributed by atoms with Gasteiger partial charge in [0.2, 0.25) is 0 Å². The highest BCUT2D eigenvalue weighted by Crippen LogP contribution is 2.06. The van der Waals surface area contributed by atoms with Gasteiger partial charge in [-0.1, -0.05) is 19.0 Å². The Hall–Kier alpha value is -1.11. The molecular formula is C8H15N3O3S. The molecule has 0 atom stereocenters. The van der Waals surface area contributed by atoms with Crippen LogP contribution in [0.4, 0.5) is 6.01 Å². The van der Waals surface area contributed by atoms with Crippen molar-refractivity contribution in [1.82, 2.24) is 10.1 Å². The van der Waals surface area contributed by atoms with Crippen LogP contribution >= 0.6 is 0 Å². The highest BCUT2D eigenvalue weighted by molar-refractivity contribution is 7.89. The number of hydrogen-bond acceptors (Lipinski definition) is 6. The van der Waals surface area contributed by atoms with Gasteiger partial charge in [0.1, 0.15) is 5.75 Å². The predicted octanol–water partition coefficient (Wildman–Crippen LogP) is 0.682. The van der Waals surface area contributed by atoms with Gasteiger partial charge in [0, 0.05) is 12.8 Å². The molecule has 0 fully saturated rings. The van der Waals surface area contributed by atoms with Crippen LogP contribution in [0.3, 0.4) is 0 Å². The van der Waals surface area contributed by atoms with E-state index in [9.17, 15) is 8.42 Å². The maximum atomic E-state index is 10.9. The third-order valence-corrected chi connectivity index (χ3v) is 2.30. The molecular weight excluding hydrogens is 218 g/mol. The molecule has 0 aliphatic carbocycles. The Labute approximate surface area is 89.0 Å². The van der Waals surface area contributed by atoms with E-state index in [-0.39, 0.29) is 17.6 Å². The number of anilines is 1. The quantitative estimate of drug-likeness (QED) is 0.805. The fourth-order valence-electron chi connectivity index (χ4n) is 0.910. The van der Waals surface area contributed by atoms with Crippen LogP contribution in [-0.4, -0.2) is 31.4 Å². The third-order valence-electron chi connectivity index (χ3n) is 1.52. The molecule has 1 aromatic rings. The number of rotatable bonds is 5. The van der Waals surface area contributed by atoms with Crippen LogP contribution in [0.5, 0.6) is 0 Å². The first-order valence-electron chi connectivity index (χ1n) is 4.61. The molecule has 1 N–H and O–H groups in total. The summed E-state index contributed by atoms with van der Waals surface area (Å²) in [4.78, 5) is 3.90. The molecule has 0 spiro atoms. The van der Waals surface area contributed by atoms with Gasteiger partial charge >= 0.3 is 6.01 Å². The smallest absolute Gasteiger partial charge is 0.321 e. The summed E-state index contributed by atoms with van der Waals surface area (Å²) in [7, 11) is -3.11. The lowest BCUT2D eigenvalue weighted by Gasteiger charge is -2.02. The molecule has 7 heteroatoms. The second-order valence-electron chi connectivity index (χ2n) is 3.86. The van der Waals surface area contributed by atoms with E-state index in [1.54, 1.807) is 0 Å². The highest BCUT2D eigenvalue weighted by atomic mass is 32.2. The van der Waals surface area contributed by atoms with E-state index in [4.69, 9.17) is 4.52 Å². The Morgan fingerprint density at radius 2 is 2.13 bits per heavy atom. The lowest BCUT2D eigenvalue weighted by atomic mass is 10.2. The fourth-order valence-corrected chi connectivity index (χ4v) is 1.50. The molecule has 0 unspecified atom stereocenters. The van der Waals surface area contributed by atoms with Crippen molar-refractivity contribution in [2.24, 2.45) is 5.92 Å². The van der Waals surface area contributed by atoms with Crippen molar-refractivity contribution in [1.29, 1.82) is 0 Å². The maximum Gasteiger partial charge on any atom is 0.321 e. The minimum absolute atomic E-state index is 0.184. The lowest BCUT2D eigenvalue weighted by Crippen LogP contribution is -2.08. The monoisotopic (exact) mass is 233 g/mol. The summed E-state index contributed by atoms with van der Waals surface area (Å²) in [5.41, 5.74) is 0. The lowest BCUT2D eigenvalue weighted by molar-refractivity contribution is 0.422. The summed E-state index contributed by atoms with van der Waals surface area (Å²) in [5.74, 6) is 0.443. The number of nitrogens with zero attached hydrogens (tertiary/aromatic N) is 2. The molecule has 15 heavy (non-hydrogen) atoms. The number of hydrogen-bond donors (Lipinski definition) is 1. The highest BCUT2D eigenvalue weighted by Gasteiger charge is 2.11. The molecule has 86 valence electrons. The molecule has 0 bridgehead atoms. The zero-order valence-electron chi connectivity index (χ0n) is 9.02. The largest absolute Gasteiger partial charge is 0.337 e. The maximum absolute atomic E-state index is 10.9. The van der Waals surface area contributed by atoms with Crippen molar-refractivity contribution >= 4 is 15.9 Å². The zero-order chi connectivity index (χ0) is 11.5. The summed E-state index contributed by atoms with van der Waals surface area (Å²) in [6.07, 6.45) is 1.13. The first kappa shape index (κ1) is 12.0. The van der Waals surface area contributed by atoms with Gasteiger partial charge in [-0.2, -0.15) is 4.98 Å². The summed E-state index contributed by atoms with van der Waals surface area (Å²) in [5, 5.41) is 6.47. The Kier molecular flexibility index (Phi) is 3.67. The molecule has 0 saturated heterocycles. The fraction of sp³-hybridized carbons (Fsp3) is 0.750. The summed E-state index contributed by atoms with van der Waals surface area (Å²) >= 11 is 0. The molecule has 0 aliphatic heterocycles. The van der Waals surface area contributed by atoms with Crippen molar-refractivity contribution in [3.63, 3.8) is 0 Å². The second-order valence-corrected chi connectivity index (χ2v) is 6.00. The SMILES string of the molecule is CC(C)CNc1nc(CS(C)(=O)=O)no1. The van der Waals surface area contributed by atoms with E-state index >= 15 is 0 Å².